The van der Waals surface area contributed by atoms with E-state index in [0.29, 0.717) is 6.04 Å². The summed E-state index contributed by atoms with van der Waals surface area (Å²) in [6.45, 7) is 9.04. The molecule has 0 amide bonds. The van der Waals surface area contributed by atoms with Crippen LogP contribution in [-0.4, -0.2) is 28.0 Å². The maximum absolute atomic E-state index is 4.46. The summed E-state index contributed by atoms with van der Waals surface area (Å²) in [6.07, 6.45) is 4.48. The topological polar surface area (TPSA) is 31.9 Å². The highest BCUT2D eigenvalue weighted by molar-refractivity contribution is 5.05. The van der Waals surface area contributed by atoms with Crippen molar-refractivity contribution in [2.75, 3.05) is 13.1 Å². The molecule has 0 aromatic carbocycles. The van der Waals surface area contributed by atoms with E-state index in [1.807, 2.05) is 6.20 Å². The van der Waals surface area contributed by atoms with Crippen LogP contribution in [-0.2, 0) is 0 Å². The molecule has 1 atom stereocenters. The Bertz CT molecular complexity index is 316. The molecule has 1 aromatic heterocycles. The Labute approximate surface area is 91.9 Å². The molecule has 1 saturated heterocycles. The first-order chi connectivity index (χ1) is 7.16. The first kappa shape index (κ1) is 10.7. The lowest BCUT2D eigenvalue weighted by Crippen LogP contribution is -2.27. The third kappa shape index (κ3) is 2.40. The smallest absolute Gasteiger partial charge is 0.123 e. The van der Waals surface area contributed by atoms with Gasteiger partial charge in [0.05, 0.1) is 6.04 Å². The first-order valence-corrected chi connectivity index (χ1v) is 5.92. The lowest BCUT2D eigenvalue weighted by Gasteiger charge is -2.24. The Morgan fingerprint density at radius 3 is 3.00 bits per heavy atom. The van der Waals surface area contributed by atoms with Crippen LogP contribution in [0.3, 0.4) is 0 Å². The van der Waals surface area contributed by atoms with Crippen molar-refractivity contribution in [3.05, 3.63) is 17.7 Å². The van der Waals surface area contributed by atoms with Gasteiger partial charge in [0.25, 0.3) is 0 Å². The largest absolute Gasteiger partial charge is 0.345 e. The van der Waals surface area contributed by atoms with Gasteiger partial charge in [0.2, 0.25) is 0 Å². The molecule has 0 aliphatic carbocycles. The molecular weight excluding hydrogens is 186 g/mol. The molecular formula is C12H21N3. The minimum atomic E-state index is 0.529. The second kappa shape index (κ2) is 4.35. The Morgan fingerprint density at radius 2 is 2.40 bits per heavy atom. The van der Waals surface area contributed by atoms with Gasteiger partial charge in [-0.3, -0.25) is 4.90 Å². The van der Waals surface area contributed by atoms with Crippen molar-refractivity contribution in [2.24, 2.45) is 5.92 Å². The summed E-state index contributed by atoms with van der Waals surface area (Å²) in [5, 5.41) is 0. The Morgan fingerprint density at radius 1 is 1.60 bits per heavy atom. The number of hydrogen-bond acceptors (Lipinski definition) is 2. The van der Waals surface area contributed by atoms with Gasteiger partial charge in [0, 0.05) is 18.4 Å². The molecule has 0 radical (unpaired) electrons. The summed E-state index contributed by atoms with van der Waals surface area (Å²) in [6, 6.07) is 0.529. The number of likely N-dealkylation sites (tertiary alicyclic amines) is 1. The number of aromatic nitrogens is 2. The number of nitrogens with zero attached hydrogens (tertiary/aromatic N) is 2. The van der Waals surface area contributed by atoms with Gasteiger partial charge in [-0.2, -0.15) is 0 Å². The summed E-state index contributed by atoms with van der Waals surface area (Å²) in [5.41, 5.74) is 1.17. The van der Waals surface area contributed by atoms with Crippen molar-refractivity contribution < 1.29 is 0 Å². The zero-order valence-corrected chi connectivity index (χ0v) is 9.95. The van der Waals surface area contributed by atoms with Crippen molar-refractivity contribution in [1.29, 1.82) is 0 Å². The van der Waals surface area contributed by atoms with Crippen LogP contribution in [0.4, 0.5) is 0 Å². The lowest BCUT2D eigenvalue weighted by atomic mass is 10.1. The molecule has 2 rings (SSSR count). The SMILES string of the molecule is Cc1cnc(C2CCCN2CC(C)C)[nH]1. The molecule has 0 spiro atoms. The monoisotopic (exact) mass is 207 g/mol. The minimum Gasteiger partial charge on any atom is -0.345 e. The molecule has 1 N–H and O–H groups in total. The predicted octanol–water partition coefficient (Wildman–Crippen LogP) is 2.51. The number of hydrogen-bond donors (Lipinski definition) is 1. The zero-order chi connectivity index (χ0) is 10.8. The molecule has 1 aromatic rings. The van der Waals surface area contributed by atoms with Gasteiger partial charge in [0.15, 0.2) is 0 Å². The van der Waals surface area contributed by atoms with E-state index < -0.39 is 0 Å². The van der Waals surface area contributed by atoms with E-state index in [1.54, 1.807) is 0 Å². The van der Waals surface area contributed by atoms with Gasteiger partial charge in [-0.05, 0) is 32.2 Å². The summed E-state index contributed by atoms with van der Waals surface area (Å²) in [4.78, 5) is 10.4. The first-order valence-electron chi connectivity index (χ1n) is 5.92. The van der Waals surface area contributed by atoms with E-state index in [-0.39, 0.29) is 0 Å². The van der Waals surface area contributed by atoms with Crippen molar-refractivity contribution in [2.45, 2.75) is 39.7 Å². The van der Waals surface area contributed by atoms with Crippen LogP contribution in [0.1, 0.15) is 44.2 Å². The fourth-order valence-electron chi connectivity index (χ4n) is 2.43. The van der Waals surface area contributed by atoms with Crippen LogP contribution in [0, 0.1) is 12.8 Å². The summed E-state index contributed by atoms with van der Waals surface area (Å²) < 4.78 is 0. The third-order valence-electron chi connectivity index (χ3n) is 3.00. The Kier molecular flexibility index (Phi) is 3.10. The van der Waals surface area contributed by atoms with Crippen molar-refractivity contribution in [3.8, 4) is 0 Å². The number of H-pyrrole nitrogens is 1. The van der Waals surface area contributed by atoms with Gasteiger partial charge in [0.1, 0.15) is 5.82 Å². The average molecular weight is 207 g/mol. The van der Waals surface area contributed by atoms with E-state index in [4.69, 9.17) is 0 Å². The Hall–Kier alpha value is -0.830. The molecule has 3 heteroatoms. The Balaban J connectivity index is 2.07. The molecule has 2 heterocycles. The highest BCUT2D eigenvalue weighted by Crippen LogP contribution is 2.30. The van der Waals surface area contributed by atoms with E-state index in [2.05, 4.69) is 35.6 Å². The van der Waals surface area contributed by atoms with Gasteiger partial charge in [-0.15, -0.1) is 0 Å². The highest BCUT2D eigenvalue weighted by atomic mass is 15.2. The fourth-order valence-corrected chi connectivity index (χ4v) is 2.43. The second-order valence-corrected chi connectivity index (χ2v) is 5.00. The predicted molar refractivity (Wildman–Crippen MR) is 61.7 cm³/mol. The van der Waals surface area contributed by atoms with Gasteiger partial charge in [-0.25, -0.2) is 4.98 Å². The molecule has 1 fully saturated rings. The zero-order valence-electron chi connectivity index (χ0n) is 9.95. The van der Waals surface area contributed by atoms with Gasteiger partial charge in [-0.1, -0.05) is 13.8 Å². The summed E-state index contributed by atoms with van der Waals surface area (Å²) in [7, 11) is 0. The number of rotatable bonds is 3. The molecule has 0 bridgehead atoms. The minimum absolute atomic E-state index is 0.529. The number of aromatic amines is 1. The highest BCUT2D eigenvalue weighted by Gasteiger charge is 2.28. The van der Waals surface area contributed by atoms with Gasteiger partial charge >= 0.3 is 0 Å². The van der Waals surface area contributed by atoms with Crippen LogP contribution >= 0.6 is 0 Å². The van der Waals surface area contributed by atoms with Crippen LogP contribution in [0.2, 0.25) is 0 Å². The number of imidazole rings is 1. The van der Waals surface area contributed by atoms with Crippen molar-refractivity contribution in [3.63, 3.8) is 0 Å². The molecule has 0 saturated carbocycles. The normalized spacial score (nSPS) is 22.8. The standard InChI is InChI=1S/C12H21N3/c1-9(2)8-15-6-4-5-11(15)12-13-7-10(3)14-12/h7,9,11H,4-6,8H2,1-3H3,(H,13,14). The van der Waals surface area contributed by atoms with E-state index in [1.165, 1.54) is 31.6 Å². The molecule has 84 valence electrons. The van der Waals surface area contributed by atoms with E-state index in [9.17, 15) is 0 Å². The second-order valence-electron chi connectivity index (χ2n) is 5.00. The van der Waals surface area contributed by atoms with E-state index in [0.717, 1.165) is 11.7 Å². The molecule has 1 unspecified atom stereocenters. The van der Waals surface area contributed by atoms with Crippen LogP contribution in [0.25, 0.3) is 0 Å². The molecule has 1 aliphatic rings. The van der Waals surface area contributed by atoms with Crippen molar-refractivity contribution in [1.82, 2.24) is 14.9 Å². The molecule has 3 nitrogen and oxygen atoms in total. The fraction of sp³-hybridized carbons (Fsp3) is 0.750. The molecule has 1 aliphatic heterocycles. The third-order valence-corrected chi connectivity index (χ3v) is 3.00. The maximum Gasteiger partial charge on any atom is 0.123 e. The summed E-state index contributed by atoms with van der Waals surface area (Å²) >= 11 is 0. The summed E-state index contributed by atoms with van der Waals surface area (Å²) in [5.74, 6) is 1.90. The van der Waals surface area contributed by atoms with Gasteiger partial charge < -0.3 is 4.98 Å². The van der Waals surface area contributed by atoms with Crippen LogP contribution in [0.15, 0.2) is 6.20 Å². The van der Waals surface area contributed by atoms with Crippen molar-refractivity contribution >= 4 is 0 Å². The molecule has 15 heavy (non-hydrogen) atoms. The number of nitrogens with one attached hydrogen (secondary N) is 1. The number of aryl methyl sites for hydroxylation is 1. The van der Waals surface area contributed by atoms with Crippen LogP contribution < -0.4 is 0 Å². The maximum atomic E-state index is 4.46. The quantitative estimate of drug-likeness (QED) is 0.826. The van der Waals surface area contributed by atoms with Crippen LogP contribution in [0.5, 0.6) is 0 Å². The average Bonchev–Trinajstić information content (AvgIpc) is 2.72. The lowest BCUT2D eigenvalue weighted by molar-refractivity contribution is 0.222. The van der Waals surface area contributed by atoms with E-state index >= 15 is 0 Å².